The van der Waals surface area contributed by atoms with E-state index in [1.165, 1.54) is 5.56 Å². The summed E-state index contributed by atoms with van der Waals surface area (Å²) in [7, 11) is 4.26. The first-order chi connectivity index (χ1) is 10.9. The predicted molar refractivity (Wildman–Crippen MR) is 95.5 cm³/mol. The van der Waals surface area contributed by atoms with Crippen LogP contribution in [0.15, 0.2) is 54.6 Å². The number of aliphatic hydroxyl groups excluding tert-OH is 1. The van der Waals surface area contributed by atoms with Crippen molar-refractivity contribution in [3.05, 3.63) is 54.6 Å². The van der Waals surface area contributed by atoms with Gasteiger partial charge in [-0.25, -0.2) is 0 Å². The van der Waals surface area contributed by atoms with Crippen molar-refractivity contribution < 1.29 is 14.3 Å². The van der Waals surface area contributed by atoms with Crippen molar-refractivity contribution in [3.63, 3.8) is 0 Å². The lowest BCUT2D eigenvalue weighted by atomic mass is 10.1. The van der Waals surface area contributed by atoms with E-state index in [1.807, 2.05) is 42.5 Å². The Kier molecular flexibility index (Phi) is 5.80. The Bertz CT molecular complexity index is 591. The average Bonchev–Trinajstić information content (AvgIpc) is 2.54. The standard InChI is InChI=1S/C20H28NO2/c1-16(2)21(3,4)14-19(22)15-23-20-12-10-18(11-13-20)17-8-6-5-7-9-17/h5-13,16,19,22H,14-15H2,1-4H3/q+1/t19-/m0/s1. The summed E-state index contributed by atoms with van der Waals surface area (Å²) < 4.78 is 6.50. The maximum atomic E-state index is 10.2. The van der Waals surface area contributed by atoms with E-state index >= 15 is 0 Å². The first kappa shape index (κ1) is 17.5. The van der Waals surface area contributed by atoms with Crippen LogP contribution in [-0.2, 0) is 0 Å². The van der Waals surface area contributed by atoms with Crippen molar-refractivity contribution >= 4 is 0 Å². The Morgan fingerprint density at radius 1 is 0.913 bits per heavy atom. The highest BCUT2D eigenvalue weighted by molar-refractivity contribution is 5.63. The third-order valence-corrected chi connectivity index (χ3v) is 4.48. The molecular formula is C20H28NO2+. The van der Waals surface area contributed by atoms with Crippen LogP contribution in [0.3, 0.4) is 0 Å². The third-order valence-electron chi connectivity index (χ3n) is 4.48. The number of aliphatic hydroxyl groups is 1. The molecule has 0 heterocycles. The summed E-state index contributed by atoms with van der Waals surface area (Å²) in [6, 6.07) is 18.7. The number of hydrogen-bond acceptors (Lipinski definition) is 2. The molecule has 124 valence electrons. The molecule has 1 N–H and O–H groups in total. The van der Waals surface area contributed by atoms with Crippen LogP contribution >= 0.6 is 0 Å². The fourth-order valence-electron chi connectivity index (χ4n) is 2.37. The molecule has 0 fully saturated rings. The van der Waals surface area contributed by atoms with Crippen molar-refractivity contribution in [2.75, 3.05) is 27.2 Å². The molecule has 3 nitrogen and oxygen atoms in total. The van der Waals surface area contributed by atoms with Gasteiger partial charge in [0, 0.05) is 0 Å². The summed E-state index contributed by atoms with van der Waals surface area (Å²) >= 11 is 0. The maximum Gasteiger partial charge on any atom is 0.137 e. The zero-order valence-corrected chi connectivity index (χ0v) is 14.6. The molecule has 0 radical (unpaired) electrons. The molecule has 0 saturated heterocycles. The van der Waals surface area contributed by atoms with E-state index < -0.39 is 6.10 Å². The summed E-state index contributed by atoms with van der Waals surface area (Å²) in [6.07, 6.45) is -0.471. The lowest BCUT2D eigenvalue weighted by Crippen LogP contribution is -2.51. The van der Waals surface area contributed by atoms with Crippen LogP contribution in [0.4, 0.5) is 0 Å². The maximum absolute atomic E-state index is 10.2. The zero-order valence-electron chi connectivity index (χ0n) is 14.6. The SMILES string of the molecule is CC(C)[N+](C)(C)C[C@H](O)COc1ccc(-c2ccccc2)cc1. The Morgan fingerprint density at radius 3 is 2.04 bits per heavy atom. The van der Waals surface area contributed by atoms with Crippen LogP contribution in [0.5, 0.6) is 5.75 Å². The van der Waals surface area contributed by atoms with Gasteiger partial charge in [-0.1, -0.05) is 42.5 Å². The van der Waals surface area contributed by atoms with Crippen molar-refractivity contribution in [3.8, 4) is 16.9 Å². The van der Waals surface area contributed by atoms with E-state index in [4.69, 9.17) is 4.74 Å². The molecule has 3 heteroatoms. The molecule has 23 heavy (non-hydrogen) atoms. The molecular weight excluding hydrogens is 286 g/mol. The van der Waals surface area contributed by atoms with E-state index in [0.717, 1.165) is 15.8 Å². The number of rotatable bonds is 7. The van der Waals surface area contributed by atoms with E-state index in [9.17, 15) is 5.11 Å². The van der Waals surface area contributed by atoms with Crippen LogP contribution in [-0.4, -0.2) is 49.0 Å². The monoisotopic (exact) mass is 314 g/mol. The molecule has 0 aliphatic rings. The Morgan fingerprint density at radius 2 is 1.48 bits per heavy atom. The second kappa shape index (κ2) is 7.62. The first-order valence-corrected chi connectivity index (χ1v) is 8.17. The van der Waals surface area contributed by atoms with Gasteiger partial charge in [0.15, 0.2) is 0 Å². The Hall–Kier alpha value is -1.84. The normalized spacial score (nSPS) is 13.1. The highest BCUT2D eigenvalue weighted by atomic mass is 16.5. The number of quaternary nitrogens is 1. The highest BCUT2D eigenvalue weighted by Gasteiger charge is 2.24. The van der Waals surface area contributed by atoms with Crippen LogP contribution < -0.4 is 4.74 Å². The van der Waals surface area contributed by atoms with Crippen LogP contribution in [0, 0.1) is 0 Å². The van der Waals surface area contributed by atoms with E-state index in [-0.39, 0.29) is 0 Å². The van der Waals surface area contributed by atoms with Gasteiger partial charge in [0.2, 0.25) is 0 Å². The number of nitrogens with zero attached hydrogens (tertiary/aromatic N) is 1. The summed E-state index contributed by atoms with van der Waals surface area (Å²) in [5.74, 6) is 0.790. The van der Waals surface area contributed by atoms with Gasteiger partial charge in [-0.2, -0.15) is 0 Å². The second-order valence-electron chi connectivity index (χ2n) is 6.91. The third kappa shape index (κ3) is 5.08. The molecule has 0 aliphatic heterocycles. The topological polar surface area (TPSA) is 29.5 Å². The molecule has 1 atom stereocenters. The van der Waals surface area contributed by atoms with Crippen molar-refractivity contribution in [1.29, 1.82) is 0 Å². The van der Waals surface area contributed by atoms with E-state index in [0.29, 0.717) is 19.2 Å². The average molecular weight is 314 g/mol. The Balaban J connectivity index is 1.89. The van der Waals surface area contributed by atoms with Gasteiger partial charge in [-0.3, -0.25) is 0 Å². The van der Waals surface area contributed by atoms with Gasteiger partial charge < -0.3 is 14.3 Å². The summed E-state index contributed by atoms with van der Waals surface area (Å²) in [5.41, 5.74) is 2.35. The zero-order chi connectivity index (χ0) is 16.9. The number of benzene rings is 2. The smallest absolute Gasteiger partial charge is 0.137 e. The summed E-state index contributed by atoms with van der Waals surface area (Å²) in [4.78, 5) is 0. The molecule has 0 spiro atoms. The highest BCUT2D eigenvalue weighted by Crippen LogP contribution is 2.22. The van der Waals surface area contributed by atoms with Crippen LogP contribution in [0.25, 0.3) is 11.1 Å². The lowest BCUT2D eigenvalue weighted by molar-refractivity contribution is -0.914. The Labute approximate surface area is 139 Å². The van der Waals surface area contributed by atoms with Crippen molar-refractivity contribution in [2.24, 2.45) is 0 Å². The number of hydrogen-bond donors (Lipinski definition) is 1. The lowest BCUT2D eigenvalue weighted by Gasteiger charge is -2.35. The molecule has 2 aromatic carbocycles. The van der Waals surface area contributed by atoms with E-state index in [1.54, 1.807) is 0 Å². The first-order valence-electron chi connectivity index (χ1n) is 8.17. The van der Waals surface area contributed by atoms with Gasteiger partial charge in [-0.15, -0.1) is 0 Å². The van der Waals surface area contributed by atoms with Gasteiger partial charge >= 0.3 is 0 Å². The minimum Gasteiger partial charge on any atom is -0.491 e. The molecule has 2 aromatic rings. The molecule has 0 aromatic heterocycles. The quantitative estimate of drug-likeness (QED) is 0.792. The molecule has 0 bridgehead atoms. The van der Waals surface area contributed by atoms with Crippen molar-refractivity contribution in [1.82, 2.24) is 0 Å². The number of ether oxygens (including phenoxy) is 1. The second-order valence-corrected chi connectivity index (χ2v) is 6.91. The fourth-order valence-corrected chi connectivity index (χ4v) is 2.37. The summed E-state index contributed by atoms with van der Waals surface area (Å²) in [5, 5.41) is 10.2. The van der Waals surface area contributed by atoms with Crippen LogP contribution in [0.2, 0.25) is 0 Å². The predicted octanol–water partition coefficient (Wildman–Crippen LogP) is 3.58. The molecule has 0 saturated carbocycles. The molecule has 2 rings (SSSR count). The van der Waals surface area contributed by atoms with Gasteiger partial charge in [0.1, 0.15) is 25.0 Å². The van der Waals surface area contributed by atoms with Crippen molar-refractivity contribution in [2.45, 2.75) is 26.0 Å². The van der Waals surface area contributed by atoms with Crippen LogP contribution in [0.1, 0.15) is 13.8 Å². The van der Waals surface area contributed by atoms with Gasteiger partial charge in [0.05, 0.1) is 20.1 Å². The van der Waals surface area contributed by atoms with E-state index in [2.05, 4.69) is 40.1 Å². The fraction of sp³-hybridized carbons (Fsp3) is 0.400. The van der Waals surface area contributed by atoms with Gasteiger partial charge in [0.25, 0.3) is 0 Å². The largest absolute Gasteiger partial charge is 0.491 e. The molecule has 0 amide bonds. The molecule has 0 aliphatic carbocycles. The minimum atomic E-state index is -0.471. The molecule has 0 unspecified atom stereocenters. The van der Waals surface area contributed by atoms with Gasteiger partial charge in [-0.05, 0) is 37.1 Å². The summed E-state index contributed by atoms with van der Waals surface area (Å²) in [6.45, 7) is 5.32. The minimum absolute atomic E-state index is 0.319. The number of likely N-dealkylation sites (N-methyl/N-ethyl adjacent to an activating group) is 1.